The van der Waals surface area contributed by atoms with Gasteiger partial charge in [0, 0.05) is 18.6 Å². The van der Waals surface area contributed by atoms with Crippen molar-refractivity contribution in [2.24, 2.45) is 0 Å². The van der Waals surface area contributed by atoms with Gasteiger partial charge in [-0.1, -0.05) is 11.6 Å². The first-order chi connectivity index (χ1) is 9.93. The van der Waals surface area contributed by atoms with Crippen molar-refractivity contribution in [1.29, 1.82) is 0 Å². The molecule has 0 aliphatic carbocycles. The number of rotatable bonds is 2. The highest BCUT2D eigenvalue weighted by Gasteiger charge is 2.33. The van der Waals surface area contributed by atoms with Gasteiger partial charge in [0.25, 0.3) is 0 Å². The molecule has 1 N–H and O–H groups in total. The summed E-state index contributed by atoms with van der Waals surface area (Å²) in [5.41, 5.74) is -0.107. The highest BCUT2D eigenvalue weighted by Crippen LogP contribution is 2.35. The fourth-order valence-electron chi connectivity index (χ4n) is 3.38. The summed E-state index contributed by atoms with van der Waals surface area (Å²) in [7, 11) is 0. The predicted octanol–water partition coefficient (Wildman–Crippen LogP) is 4.40. The number of anilines is 1. The molecule has 1 aromatic rings. The number of hydrogen-bond acceptors (Lipinski definition) is 2. The van der Waals surface area contributed by atoms with Crippen molar-refractivity contribution >= 4 is 17.3 Å². The molecule has 2 unspecified atom stereocenters. The lowest BCUT2D eigenvalue weighted by Gasteiger charge is -2.35. The molecule has 0 bridgehead atoms. The standard InChI is InChI=1S/C15H18ClF3N2/c16-13-8-10(15(17,18)19)3-4-14(13)20-11-5-7-21-6-1-2-12(21)9-11/h3-4,8,11-12,20H,1-2,5-7,9H2. The normalized spacial score (nSPS) is 26.7. The van der Waals surface area contributed by atoms with E-state index in [1.807, 2.05) is 0 Å². The van der Waals surface area contributed by atoms with Crippen molar-refractivity contribution in [3.05, 3.63) is 28.8 Å². The van der Waals surface area contributed by atoms with Gasteiger partial charge >= 0.3 is 6.18 Å². The maximum Gasteiger partial charge on any atom is 0.416 e. The zero-order chi connectivity index (χ0) is 15.0. The van der Waals surface area contributed by atoms with E-state index in [0.29, 0.717) is 17.8 Å². The van der Waals surface area contributed by atoms with Gasteiger partial charge in [-0.05, 0) is 50.4 Å². The summed E-state index contributed by atoms with van der Waals surface area (Å²) in [6, 6.07) is 4.42. The molecule has 1 aromatic carbocycles. The van der Waals surface area contributed by atoms with Gasteiger partial charge < -0.3 is 10.2 Å². The van der Waals surface area contributed by atoms with Crippen LogP contribution in [0.3, 0.4) is 0 Å². The van der Waals surface area contributed by atoms with Gasteiger partial charge in [-0.25, -0.2) is 0 Å². The van der Waals surface area contributed by atoms with Crippen LogP contribution in [0.5, 0.6) is 0 Å². The quantitative estimate of drug-likeness (QED) is 0.869. The SMILES string of the molecule is FC(F)(F)c1ccc(NC2CCN3CCCC3C2)c(Cl)c1. The Balaban J connectivity index is 1.68. The molecule has 0 amide bonds. The van der Waals surface area contributed by atoms with Crippen LogP contribution >= 0.6 is 11.6 Å². The summed E-state index contributed by atoms with van der Waals surface area (Å²) < 4.78 is 37.9. The maximum absolute atomic E-state index is 12.6. The first-order valence-corrected chi connectivity index (χ1v) is 7.68. The summed E-state index contributed by atoms with van der Waals surface area (Å²) in [4.78, 5) is 2.51. The molecule has 2 atom stereocenters. The Hall–Kier alpha value is -0.940. The first-order valence-electron chi connectivity index (χ1n) is 7.31. The number of hydrogen-bond donors (Lipinski definition) is 1. The van der Waals surface area contributed by atoms with Gasteiger partial charge in [-0.2, -0.15) is 13.2 Å². The smallest absolute Gasteiger partial charge is 0.381 e. The average molecular weight is 319 g/mol. The Morgan fingerprint density at radius 3 is 2.71 bits per heavy atom. The third-order valence-corrected chi connectivity index (χ3v) is 4.79. The fraction of sp³-hybridized carbons (Fsp3) is 0.600. The molecule has 2 aliphatic heterocycles. The zero-order valence-electron chi connectivity index (χ0n) is 11.6. The van der Waals surface area contributed by atoms with E-state index in [2.05, 4.69) is 10.2 Å². The number of nitrogens with one attached hydrogen (secondary N) is 1. The molecule has 21 heavy (non-hydrogen) atoms. The van der Waals surface area contributed by atoms with Gasteiger partial charge in [-0.15, -0.1) is 0 Å². The van der Waals surface area contributed by atoms with Gasteiger partial charge in [0.05, 0.1) is 16.3 Å². The summed E-state index contributed by atoms with van der Waals surface area (Å²) >= 11 is 5.99. The highest BCUT2D eigenvalue weighted by molar-refractivity contribution is 6.33. The van der Waals surface area contributed by atoms with Crippen LogP contribution in [0, 0.1) is 0 Å². The minimum absolute atomic E-state index is 0.138. The maximum atomic E-state index is 12.6. The Morgan fingerprint density at radius 1 is 1.19 bits per heavy atom. The van der Waals surface area contributed by atoms with E-state index in [1.54, 1.807) is 0 Å². The number of nitrogens with zero attached hydrogens (tertiary/aromatic N) is 1. The van der Waals surface area contributed by atoms with Crippen molar-refractivity contribution < 1.29 is 13.2 Å². The first kappa shape index (κ1) is 15.0. The van der Waals surface area contributed by atoms with E-state index in [-0.39, 0.29) is 5.02 Å². The molecule has 116 valence electrons. The van der Waals surface area contributed by atoms with Crippen molar-refractivity contribution in [2.75, 3.05) is 18.4 Å². The molecule has 0 saturated carbocycles. The van der Waals surface area contributed by atoms with Crippen molar-refractivity contribution in [1.82, 2.24) is 4.90 Å². The topological polar surface area (TPSA) is 15.3 Å². The molecule has 0 spiro atoms. The van der Waals surface area contributed by atoms with Gasteiger partial charge in [0.2, 0.25) is 0 Å². The molecule has 6 heteroatoms. The fourth-order valence-corrected chi connectivity index (χ4v) is 3.62. The van der Waals surface area contributed by atoms with Crippen molar-refractivity contribution in [2.45, 2.75) is 43.9 Å². The molecule has 0 radical (unpaired) electrons. The van der Waals surface area contributed by atoms with Crippen LogP contribution in [0.4, 0.5) is 18.9 Å². The second kappa shape index (κ2) is 5.69. The Morgan fingerprint density at radius 2 is 2.00 bits per heavy atom. The van der Waals surface area contributed by atoms with Crippen molar-refractivity contribution in [3.63, 3.8) is 0 Å². The molecule has 2 fully saturated rings. The second-order valence-electron chi connectivity index (χ2n) is 5.89. The molecular formula is C15H18ClF3N2. The van der Waals surface area contributed by atoms with Crippen LogP contribution in [0.2, 0.25) is 5.02 Å². The van der Waals surface area contributed by atoms with Crippen LogP contribution < -0.4 is 5.32 Å². The van der Waals surface area contributed by atoms with Crippen LogP contribution in [-0.2, 0) is 6.18 Å². The summed E-state index contributed by atoms with van der Waals surface area (Å²) in [6.07, 6.45) is 0.167. The molecule has 2 saturated heterocycles. The average Bonchev–Trinajstić information content (AvgIpc) is 2.87. The van der Waals surface area contributed by atoms with Crippen LogP contribution in [0.1, 0.15) is 31.2 Å². The number of benzene rings is 1. The molecule has 2 heterocycles. The molecular weight excluding hydrogens is 301 g/mol. The van der Waals surface area contributed by atoms with Crippen LogP contribution in [0.25, 0.3) is 0 Å². The number of piperidine rings is 1. The van der Waals surface area contributed by atoms with E-state index >= 15 is 0 Å². The minimum atomic E-state index is -4.35. The van der Waals surface area contributed by atoms with Gasteiger partial charge in [0.1, 0.15) is 0 Å². The monoisotopic (exact) mass is 318 g/mol. The van der Waals surface area contributed by atoms with E-state index in [4.69, 9.17) is 11.6 Å². The van der Waals surface area contributed by atoms with Crippen LogP contribution in [0.15, 0.2) is 18.2 Å². The summed E-state index contributed by atoms with van der Waals surface area (Å²) in [6.45, 7) is 2.24. The number of alkyl halides is 3. The van der Waals surface area contributed by atoms with Gasteiger partial charge in [-0.3, -0.25) is 0 Å². The van der Waals surface area contributed by atoms with Crippen molar-refractivity contribution in [3.8, 4) is 0 Å². The molecule has 0 aromatic heterocycles. The largest absolute Gasteiger partial charge is 0.416 e. The molecule has 3 rings (SSSR count). The number of halogens is 4. The number of fused-ring (bicyclic) bond motifs is 1. The second-order valence-corrected chi connectivity index (χ2v) is 6.30. The molecule has 2 aliphatic rings. The van der Waals surface area contributed by atoms with E-state index in [9.17, 15) is 13.2 Å². The van der Waals surface area contributed by atoms with Gasteiger partial charge in [0.15, 0.2) is 0 Å². The highest BCUT2D eigenvalue weighted by atomic mass is 35.5. The minimum Gasteiger partial charge on any atom is -0.381 e. The molecule has 2 nitrogen and oxygen atoms in total. The lowest BCUT2D eigenvalue weighted by Crippen LogP contribution is -2.42. The lowest BCUT2D eigenvalue weighted by molar-refractivity contribution is -0.137. The third-order valence-electron chi connectivity index (χ3n) is 4.48. The third kappa shape index (κ3) is 3.29. The Labute approximate surface area is 127 Å². The zero-order valence-corrected chi connectivity index (χ0v) is 12.3. The Bertz CT molecular complexity index is 518. The lowest BCUT2D eigenvalue weighted by atomic mass is 9.97. The van der Waals surface area contributed by atoms with E-state index in [0.717, 1.165) is 31.5 Å². The predicted molar refractivity (Wildman–Crippen MR) is 77.7 cm³/mol. The summed E-state index contributed by atoms with van der Waals surface area (Å²) in [5, 5.41) is 3.45. The Kier molecular flexibility index (Phi) is 4.06. The summed E-state index contributed by atoms with van der Waals surface area (Å²) in [5.74, 6) is 0. The van der Waals surface area contributed by atoms with Crippen LogP contribution in [-0.4, -0.2) is 30.1 Å². The van der Waals surface area contributed by atoms with E-state index in [1.165, 1.54) is 25.5 Å². The van der Waals surface area contributed by atoms with E-state index < -0.39 is 11.7 Å².